The highest BCUT2D eigenvalue weighted by atomic mass is 32.1. The summed E-state index contributed by atoms with van der Waals surface area (Å²) in [6.45, 7) is 0.144. The van der Waals surface area contributed by atoms with Gasteiger partial charge in [0.05, 0.1) is 25.0 Å². The van der Waals surface area contributed by atoms with Gasteiger partial charge in [0.15, 0.2) is 5.13 Å². The molecule has 3 rings (SSSR count). The van der Waals surface area contributed by atoms with Gasteiger partial charge < -0.3 is 15.1 Å². The molecule has 0 fully saturated rings. The molecule has 0 saturated heterocycles. The Hall–Kier alpha value is -3.13. The fourth-order valence-electron chi connectivity index (χ4n) is 2.04. The summed E-state index contributed by atoms with van der Waals surface area (Å²) in [6.07, 6.45) is 1.53. The van der Waals surface area contributed by atoms with Crippen molar-refractivity contribution in [2.24, 2.45) is 0 Å². The molecule has 0 radical (unpaired) electrons. The van der Waals surface area contributed by atoms with Crippen LogP contribution < -0.4 is 16.0 Å². The Balaban J connectivity index is 1.43. The Morgan fingerprint density at radius 3 is 2.68 bits per heavy atom. The van der Waals surface area contributed by atoms with E-state index in [-0.39, 0.29) is 19.0 Å². The van der Waals surface area contributed by atoms with Crippen LogP contribution >= 0.6 is 11.3 Å². The van der Waals surface area contributed by atoms with Gasteiger partial charge in [0.2, 0.25) is 5.91 Å². The van der Waals surface area contributed by atoms with E-state index in [1.807, 2.05) is 35.7 Å². The Labute approximate surface area is 148 Å². The number of hydrogen-bond acceptors (Lipinski definition) is 5. The molecule has 3 aromatic rings. The maximum Gasteiger partial charge on any atom is 0.321 e. The normalized spacial score (nSPS) is 10.2. The number of anilines is 1. The monoisotopic (exact) mass is 356 g/mol. The van der Waals surface area contributed by atoms with E-state index in [1.165, 1.54) is 17.6 Å². The number of carbonyl (C=O) groups is 2. The van der Waals surface area contributed by atoms with Crippen LogP contribution in [-0.2, 0) is 11.3 Å². The predicted molar refractivity (Wildman–Crippen MR) is 95.1 cm³/mol. The standard InChI is InChI=1S/C17H16N4O3S/c22-15(18-9-13-7-4-8-24-13)10-19-16(23)21-17-20-14(11-25-17)12-5-2-1-3-6-12/h1-8,11H,9-10H2,(H,18,22)(H2,19,20,21,23). The Morgan fingerprint density at radius 2 is 1.92 bits per heavy atom. The summed E-state index contributed by atoms with van der Waals surface area (Å²) < 4.78 is 5.11. The van der Waals surface area contributed by atoms with Crippen molar-refractivity contribution in [3.05, 3.63) is 59.9 Å². The van der Waals surface area contributed by atoms with Gasteiger partial charge in [0.25, 0.3) is 0 Å². The molecule has 2 heterocycles. The van der Waals surface area contributed by atoms with Crippen molar-refractivity contribution in [3.8, 4) is 11.3 Å². The third-order valence-electron chi connectivity index (χ3n) is 3.24. The lowest BCUT2D eigenvalue weighted by Gasteiger charge is -2.06. The van der Waals surface area contributed by atoms with E-state index in [0.717, 1.165) is 11.3 Å². The number of thiazole rings is 1. The van der Waals surface area contributed by atoms with Crippen LogP contribution in [0.4, 0.5) is 9.93 Å². The van der Waals surface area contributed by atoms with Crippen molar-refractivity contribution in [1.82, 2.24) is 15.6 Å². The first-order chi connectivity index (χ1) is 12.2. The van der Waals surface area contributed by atoms with Crippen LogP contribution in [0.25, 0.3) is 11.3 Å². The third kappa shape index (κ3) is 4.92. The van der Waals surface area contributed by atoms with Gasteiger partial charge in [-0.3, -0.25) is 10.1 Å². The van der Waals surface area contributed by atoms with E-state index in [9.17, 15) is 9.59 Å². The molecule has 2 aromatic heterocycles. The Bertz CT molecular complexity index is 831. The van der Waals surface area contributed by atoms with Crippen LogP contribution in [0.2, 0.25) is 0 Å². The molecule has 1 aromatic carbocycles. The highest BCUT2D eigenvalue weighted by Crippen LogP contribution is 2.24. The quantitative estimate of drug-likeness (QED) is 0.633. The molecule has 0 aliphatic carbocycles. The number of nitrogens with one attached hydrogen (secondary N) is 3. The average molecular weight is 356 g/mol. The first kappa shape index (κ1) is 16.7. The smallest absolute Gasteiger partial charge is 0.321 e. The molecule has 0 aliphatic rings. The SMILES string of the molecule is O=C(CNC(=O)Nc1nc(-c2ccccc2)cs1)NCc1ccco1. The number of carbonyl (C=O) groups excluding carboxylic acids is 2. The van der Waals surface area contributed by atoms with Gasteiger partial charge in [-0.15, -0.1) is 11.3 Å². The molecular weight excluding hydrogens is 340 g/mol. The van der Waals surface area contributed by atoms with E-state index in [2.05, 4.69) is 20.9 Å². The van der Waals surface area contributed by atoms with Crippen molar-refractivity contribution in [2.75, 3.05) is 11.9 Å². The van der Waals surface area contributed by atoms with Crippen molar-refractivity contribution < 1.29 is 14.0 Å². The lowest BCUT2D eigenvalue weighted by Crippen LogP contribution is -2.38. The molecule has 7 nitrogen and oxygen atoms in total. The lowest BCUT2D eigenvalue weighted by molar-refractivity contribution is -0.120. The van der Waals surface area contributed by atoms with Crippen LogP contribution in [0.15, 0.2) is 58.5 Å². The van der Waals surface area contributed by atoms with Gasteiger partial charge in [-0.05, 0) is 12.1 Å². The zero-order valence-electron chi connectivity index (χ0n) is 13.2. The van der Waals surface area contributed by atoms with Crippen molar-refractivity contribution in [2.45, 2.75) is 6.54 Å². The van der Waals surface area contributed by atoms with Crippen LogP contribution in [0.5, 0.6) is 0 Å². The third-order valence-corrected chi connectivity index (χ3v) is 4.00. The fourth-order valence-corrected chi connectivity index (χ4v) is 2.75. The van der Waals surface area contributed by atoms with Crippen molar-refractivity contribution in [1.29, 1.82) is 0 Å². The zero-order valence-corrected chi connectivity index (χ0v) is 14.0. The van der Waals surface area contributed by atoms with Crippen LogP contribution in [0, 0.1) is 0 Å². The predicted octanol–water partition coefficient (Wildman–Crippen LogP) is 2.84. The van der Waals surface area contributed by atoms with Crippen molar-refractivity contribution >= 4 is 28.4 Å². The number of hydrogen-bond donors (Lipinski definition) is 3. The molecule has 0 bridgehead atoms. The van der Waals surface area contributed by atoms with E-state index in [4.69, 9.17) is 4.42 Å². The minimum Gasteiger partial charge on any atom is -0.467 e. The van der Waals surface area contributed by atoms with Gasteiger partial charge in [-0.2, -0.15) is 0 Å². The minimum absolute atomic E-state index is 0.135. The Morgan fingerprint density at radius 1 is 1.08 bits per heavy atom. The summed E-state index contributed by atoms with van der Waals surface area (Å²) >= 11 is 1.32. The number of amides is 3. The number of furan rings is 1. The second kappa shape index (κ2) is 8.11. The minimum atomic E-state index is -0.484. The van der Waals surface area contributed by atoms with Crippen LogP contribution in [0.3, 0.4) is 0 Å². The molecule has 3 N–H and O–H groups in total. The highest BCUT2D eigenvalue weighted by molar-refractivity contribution is 7.14. The molecule has 0 atom stereocenters. The first-order valence-electron chi connectivity index (χ1n) is 7.55. The summed E-state index contributed by atoms with van der Waals surface area (Å²) in [4.78, 5) is 27.9. The lowest BCUT2D eigenvalue weighted by atomic mass is 10.2. The molecule has 0 spiro atoms. The molecule has 25 heavy (non-hydrogen) atoms. The summed E-state index contributed by atoms with van der Waals surface area (Å²) in [5, 5.41) is 10.1. The van der Waals surface area contributed by atoms with E-state index in [1.54, 1.807) is 12.1 Å². The zero-order chi connectivity index (χ0) is 17.5. The molecule has 0 saturated carbocycles. The van der Waals surface area contributed by atoms with Crippen LogP contribution in [0.1, 0.15) is 5.76 Å². The Kier molecular flexibility index (Phi) is 5.43. The number of benzene rings is 1. The second-order valence-corrected chi connectivity index (χ2v) is 5.93. The maximum absolute atomic E-state index is 11.8. The first-order valence-corrected chi connectivity index (χ1v) is 8.43. The second-order valence-electron chi connectivity index (χ2n) is 5.07. The van der Waals surface area contributed by atoms with Crippen molar-refractivity contribution in [3.63, 3.8) is 0 Å². The molecular formula is C17H16N4O3S. The van der Waals surface area contributed by atoms with Gasteiger partial charge in [0.1, 0.15) is 5.76 Å². The molecule has 128 valence electrons. The fraction of sp³-hybridized carbons (Fsp3) is 0.118. The van der Waals surface area contributed by atoms with Gasteiger partial charge >= 0.3 is 6.03 Å². The van der Waals surface area contributed by atoms with Crippen LogP contribution in [-0.4, -0.2) is 23.5 Å². The molecule has 0 aliphatic heterocycles. The van der Waals surface area contributed by atoms with Gasteiger partial charge in [-0.1, -0.05) is 30.3 Å². The topological polar surface area (TPSA) is 96.3 Å². The largest absolute Gasteiger partial charge is 0.467 e. The summed E-state index contributed by atoms with van der Waals surface area (Å²) in [7, 11) is 0. The molecule has 3 amide bonds. The van der Waals surface area contributed by atoms with Gasteiger partial charge in [-0.25, -0.2) is 9.78 Å². The molecule has 8 heteroatoms. The van der Waals surface area contributed by atoms with E-state index >= 15 is 0 Å². The number of urea groups is 1. The number of nitrogens with zero attached hydrogens (tertiary/aromatic N) is 1. The van der Waals surface area contributed by atoms with Gasteiger partial charge in [0, 0.05) is 10.9 Å². The maximum atomic E-state index is 11.8. The highest BCUT2D eigenvalue weighted by Gasteiger charge is 2.09. The molecule has 0 unspecified atom stereocenters. The summed E-state index contributed by atoms with van der Waals surface area (Å²) in [6, 6.07) is 12.7. The van der Waals surface area contributed by atoms with E-state index < -0.39 is 6.03 Å². The number of rotatable bonds is 6. The summed E-state index contributed by atoms with van der Waals surface area (Å²) in [5.74, 6) is 0.338. The number of aromatic nitrogens is 1. The summed E-state index contributed by atoms with van der Waals surface area (Å²) in [5.41, 5.74) is 1.77. The average Bonchev–Trinajstić information content (AvgIpc) is 3.31. The van der Waals surface area contributed by atoms with E-state index in [0.29, 0.717) is 10.9 Å².